The summed E-state index contributed by atoms with van der Waals surface area (Å²) in [5, 5.41) is 5.68. The summed E-state index contributed by atoms with van der Waals surface area (Å²) in [4.78, 5) is 11.8. The van der Waals surface area contributed by atoms with E-state index < -0.39 is 0 Å². The number of nitrogens with zero attached hydrogens (tertiary/aromatic N) is 5. The summed E-state index contributed by atoms with van der Waals surface area (Å²) in [7, 11) is 1.92. The number of ether oxygens (including phenoxy) is 1. The maximum Gasteiger partial charge on any atom is 0.226 e. The Morgan fingerprint density at radius 1 is 1.06 bits per heavy atom. The van der Waals surface area contributed by atoms with Gasteiger partial charge in [0.05, 0.1) is 5.69 Å². The van der Waals surface area contributed by atoms with E-state index in [1.807, 2.05) is 49.8 Å². The van der Waals surface area contributed by atoms with Crippen LogP contribution in [0.2, 0.25) is 0 Å². The van der Waals surface area contributed by atoms with Crippen molar-refractivity contribution < 1.29 is 9.15 Å². The molecule has 0 radical (unpaired) electrons. The normalized spacial score (nSPS) is 11.6. The molecule has 0 aliphatic carbocycles. The van der Waals surface area contributed by atoms with Crippen molar-refractivity contribution >= 4 is 11.0 Å². The molecule has 0 aliphatic heterocycles. The predicted molar refractivity (Wildman–Crippen MR) is 126 cm³/mol. The maximum atomic E-state index is 6.12. The average molecular weight is 434 g/mol. The van der Waals surface area contributed by atoms with E-state index in [2.05, 4.69) is 36.8 Å². The van der Waals surface area contributed by atoms with Gasteiger partial charge in [0, 0.05) is 30.6 Å². The minimum absolute atomic E-state index is 0.293. The average Bonchev–Trinajstić information content (AvgIpc) is 3.29. The molecule has 0 saturated carbocycles. The lowest BCUT2D eigenvalue weighted by atomic mass is 10.1. The van der Waals surface area contributed by atoms with Crippen LogP contribution >= 0.6 is 0 Å². The van der Waals surface area contributed by atoms with Crippen molar-refractivity contribution in [1.82, 2.24) is 24.6 Å². The first-order valence-corrected chi connectivity index (χ1v) is 11.1. The third-order valence-electron chi connectivity index (χ3n) is 5.94. The largest absolute Gasteiger partial charge is 0.471 e. The van der Waals surface area contributed by atoms with E-state index in [1.54, 1.807) is 0 Å². The minimum Gasteiger partial charge on any atom is -0.471 e. The number of hydrogen-bond acceptors (Lipinski definition) is 6. The zero-order valence-corrected chi connectivity index (χ0v) is 19.8. The van der Waals surface area contributed by atoms with Gasteiger partial charge in [0.1, 0.15) is 18.1 Å². The van der Waals surface area contributed by atoms with Crippen LogP contribution < -0.4 is 4.74 Å². The molecule has 0 atom stereocenters. The van der Waals surface area contributed by atoms with Gasteiger partial charge in [-0.1, -0.05) is 32.0 Å². The molecule has 0 fully saturated rings. The summed E-state index contributed by atoms with van der Waals surface area (Å²) >= 11 is 0. The number of rotatable bonds is 8. The summed E-state index contributed by atoms with van der Waals surface area (Å²) in [6, 6.07) is 10.1. The fraction of sp³-hybridized carbons (Fsp3) is 0.400. The molecule has 3 heterocycles. The van der Waals surface area contributed by atoms with Crippen LogP contribution in [0.25, 0.3) is 22.5 Å². The van der Waals surface area contributed by atoms with E-state index in [9.17, 15) is 0 Å². The number of aryl methyl sites for hydroxylation is 4. The van der Waals surface area contributed by atoms with Gasteiger partial charge >= 0.3 is 0 Å². The molecule has 32 heavy (non-hydrogen) atoms. The molecule has 0 amide bonds. The second kappa shape index (κ2) is 9.12. The highest BCUT2D eigenvalue weighted by Crippen LogP contribution is 2.28. The Labute approximate surface area is 189 Å². The highest BCUT2D eigenvalue weighted by molar-refractivity contribution is 5.82. The van der Waals surface area contributed by atoms with Gasteiger partial charge in [-0.25, -0.2) is 4.98 Å². The molecule has 1 aromatic carbocycles. The molecule has 0 N–H and O–H groups in total. The minimum atomic E-state index is 0.293. The first kappa shape index (κ1) is 22.0. The van der Waals surface area contributed by atoms with Gasteiger partial charge in [-0.2, -0.15) is 10.1 Å². The number of pyridine rings is 1. The fourth-order valence-corrected chi connectivity index (χ4v) is 4.03. The lowest BCUT2D eigenvalue weighted by Gasteiger charge is -2.19. The quantitative estimate of drug-likeness (QED) is 0.391. The van der Waals surface area contributed by atoms with Gasteiger partial charge in [0.15, 0.2) is 5.65 Å². The van der Waals surface area contributed by atoms with E-state index in [1.165, 1.54) is 5.56 Å². The summed E-state index contributed by atoms with van der Waals surface area (Å²) in [6.07, 6.45) is 0. The number of fused-ring (bicyclic) bond motifs is 1. The molecule has 3 aromatic heterocycles. The summed E-state index contributed by atoms with van der Waals surface area (Å²) in [6.45, 7) is 13.4. The SMILES string of the molecule is CCN(CC)Cc1cc(OCc2nc(-c3ccccc3C)oc2C)nc2c1c(C)nn2C. The first-order valence-electron chi connectivity index (χ1n) is 11.1. The van der Waals surface area contributed by atoms with E-state index in [0.717, 1.165) is 58.9 Å². The van der Waals surface area contributed by atoms with Crippen molar-refractivity contribution in [1.29, 1.82) is 0 Å². The predicted octanol–water partition coefficient (Wildman–Crippen LogP) is 4.97. The van der Waals surface area contributed by atoms with Gasteiger partial charge in [0.25, 0.3) is 0 Å². The first-order chi connectivity index (χ1) is 15.4. The van der Waals surface area contributed by atoms with Gasteiger partial charge < -0.3 is 9.15 Å². The Morgan fingerprint density at radius 3 is 2.53 bits per heavy atom. The Kier molecular flexibility index (Phi) is 6.28. The van der Waals surface area contributed by atoms with E-state index in [-0.39, 0.29) is 0 Å². The van der Waals surface area contributed by atoms with Crippen molar-refractivity contribution in [3.8, 4) is 17.3 Å². The van der Waals surface area contributed by atoms with Crippen molar-refractivity contribution in [3.05, 3.63) is 58.6 Å². The zero-order chi connectivity index (χ0) is 22.8. The van der Waals surface area contributed by atoms with Gasteiger partial charge in [-0.15, -0.1) is 0 Å². The molecule has 0 spiro atoms. The van der Waals surface area contributed by atoms with Crippen molar-refractivity contribution in [2.45, 2.75) is 47.8 Å². The molecule has 168 valence electrons. The van der Waals surface area contributed by atoms with Crippen LogP contribution in [0.1, 0.15) is 42.1 Å². The molecule has 0 saturated heterocycles. The molecule has 7 nitrogen and oxygen atoms in total. The lowest BCUT2D eigenvalue weighted by Crippen LogP contribution is -2.22. The van der Waals surface area contributed by atoms with Crippen LogP contribution in [-0.4, -0.2) is 37.7 Å². The summed E-state index contributed by atoms with van der Waals surface area (Å²) in [5.41, 5.74) is 5.89. The smallest absolute Gasteiger partial charge is 0.226 e. The van der Waals surface area contributed by atoms with Crippen molar-refractivity contribution in [3.63, 3.8) is 0 Å². The van der Waals surface area contributed by atoms with Gasteiger partial charge in [-0.05, 0) is 51.1 Å². The molecular formula is C25H31N5O2. The van der Waals surface area contributed by atoms with E-state index in [0.29, 0.717) is 18.4 Å². The standard InChI is InChI=1S/C25H31N5O2/c1-7-30(8-2)14-19-13-22(27-24-23(19)17(4)28-29(24)6)31-15-21-18(5)32-25(26-21)20-12-10-9-11-16(20)3/h9-13H,7-8,14-15H2,1-6H3. The van der Waals surface area contributed by atoms with Gasteiger partial charge in [0.2, 0.25) is 11.8 Å². The Morgan fingerprint density at radius 2 is 1.81 bits per heavy atom. The lowest BCUT2D eigenvalue weighted by molar-refractivity contribution is 0.282. The van der Waals surface area contributed by atoms with Crippen molar-refractivity contribution in [2.24, 2.45) is 7.05 Å². The second-order valence-electron chi connectivity index (χ2n) is 8.11. The zero-order valence-electron chi connectivity index (χ0n) is 19.8. The molecule has 4 rings (SSSR count). The molecule has 0 unspecified atom stereocenters. The van der Waals surface area contributed by atoms with E-state index >= 15 is 0 Å². The third kappa shape index (κ3) is 4.25. The number of hydrogen-bond donors (Lipinski definition) is 0. The highest BCUT2D eigenvalue weighted by Gasteiger charge is 2.18. The number of oxazole rings is 1. The molecule has 7 heteroatoms. The molecular weight excluding hydrogens is 402 g/mol. The summed E-state index contributed by atoms with van der Waals surface area (Å²) < 4.78 is 13.9. The summed E-state index contributed by atoms with van der Waals surface area (Å²) in [5.74, 6) is 1.94. The molecule has 0 bridgehead atoms. The highest BCUT2D eigenvalue weighted by atomic mass is 16.5. The van der Waals surface area contributed by atoms with Crippen LogP contribution in [-0.2, 0) is 20.2 Å². The Hall–Kier alpha value is -3.19. The number of benzene rings is 1. The Balaban J connectivity index is 1.62. The monoisotopic (exact) mass is 433 g/mol. The topological polar surface area (TPSA) is 69.2 Å². The Bertz CT molecular complexity index is 1240. The van der Waals surface area contributed by atoms with Crippen molar-refractivity contribution in [2.75, 3.05) is 13.1 Å². The second-order valence-corrected chi connectivity index (χ2v) is 8.11. The van der Waals surface area contributed by atoms with E-state index in [4.69, 9.17) is 19.1 Å². The maximum absolute atomic E-state index is 6.12. The van der Waals surface area contributed by atoms with Crippen LogP contribution in [0.4, 0.5) is 0 Å². The van der Waals surface area contributed by atoms with Crippen LogP contribution in [0.15, 0.2) is 34.7 Å². The third-order valence-corrected chi connectivity index (χ3v) is 5.94. The fourth-order valence-electron chi connectivity index (χ4n) is 4.03. The van der Waals surface area contributed by atoms with Crippen LogP contribution in [0.3, 0.4) is 0 Å². The van der Waals surface area contributed by atoms with Gasteiger partial charge in [-0.3, -0.25) is 9.58 Å². The van der Waals surface area contributed by atoms with Crippen LogP contribution in [0.5, 0.6) is 5.88 Å². The molecule has 4 aromatic rings. The number of aromatic nitrogens is 4. The van der Waals surface area contributed by atoms with Crippen LogP contribution in [0, 0.1) is 20.8 Å². The molecule has 0 aliphatic rings.